The summed E-state index contributed by atoms with van der Waals surface area (Å²) in [7, 11) is 0. The number of rotatable bonds is 5. The molecule has 0 heterocycles. The summed E-state index contributed by atoms with van der Waals surface area (Å²) in [6, 6.07) is 9.52. The molecule has 1 unspecified atom stereocenters. The minimum Gasteiger partial charge on any atom is -0.383 e. The molecule has 1 aromatic carbocycles. The molecule has 16 heavy (non-hydrogen) atoms. The topological polar surface area (TPSA) is 49.3 Å². The summed E-state index contributed by atoms with van der Waals surface area (Å²) >= 11 is 0. The smallest absolute Gasteiger partial charge is 0.160 e. The third kappa shape index (κ3) is 3.39. The van der Waals surface area contributed by atoms with Crippen molar-refractivity contribution < 1.29 is 9.90 Å². The highest BCUT2D eigenvalue weighted by Gasteiger charge is 2.09. The number of carbonyl (C=O) groups excluding carboxylic acids is 1. The molecule has 0 spiro atoms. The Balaban J connectivity index is 2.66. The molecule has 1 atom stereocenters. The number of hydrogen-bond acceptors (Lipinski definition) is 3. The Morgan fingerprint density at radius 2 is 2.12 bits per heavy atom. The molecule has 2 N–H and O–H groups in total. The largest absolute Gasteiger partial charge is 0.383 e. The van der Waals surface area contributed by atoms with Crippen LogP contribution in [-0.4, -0.2) is 23.5 Å². The van der Waals surface area contributed by atoms with Gasteiger partial charge in [0.2, 0.25) is 0 Å². The van der Waals surface area contributed by atoms with Crippen LogP contribution in [-0.2, 0) is 4.79 Å². The van der Waals surface area contributed by atoms with Gasteiger partial charge in [-0.3, -0.25) is 4.79 Å². The minimum absolute atomic E-state index is 0.169. The molecule has 84 valence electrons. The van der Waals surface area contributed by atoms with Crippen LogP contribution in [0.1, 0.15) is 12.5 Å². The van der Waals surface area contributed by atoms with Crippen molar-refractivity contribution in [3.8, 4) is 0 Å². The van der Waals surface area contributed by atoms with Crippen molar-refractivity contribution >= 4 is 11.5 Å². The van der Waals surface area contributed by atoms with Crippen molar-refractivity contribution in [2.45, 2.75) is 13.0 Å². The van der Waals surface area contributed by atoms with Gasteiger partial charge >= 0.3 is 0 Å². The van der Waals surface area contributed by atoms with E-state index in [-0.39, 0.29) is 12.3 Å². The fourth-order valence-corrected chi connectivity index (χ4v) is 1.21. The third-order valence-electron chi connectivity index (χ3n) is 2.18. The molecule has 3 nitrogen and oxygen atoms in total. The third-order valence-corrected chi connectivity index (χ3v) is 2.18. The van der Waals surface area contributed by atoms with Crippen LogP contribution in [0, 0.1) is 0 Å². The van der Waals surface area contributed by atoms with E-state index < -0.39 is 6.10 Å². The first kappa shape index (κ1) is 12.2. The molecule has 1 aromatic rings. The van der Waals surface area contributed by atoms with E-state index in [2.05, 4.69) is 17.6 Å². The lowest BCUT2D eigenvalue weighted by atomic mass is 10.1. The van der Waals surface area contributed by atoms with Crippen LogP contribution in [0.3, 0.4) is 0 Å². The fourth-order valence-electron chi connectivity index (χ4n) is 1.21. The lowest BCUT2D eigenvalue weighted by Gasteiger charge is -2.11. The maximum absolute atomic E-state index is 10.8. The summed E-state index contributed by atoms with van der Waals surface area (Å²) in [6.07, 6.45) is -0.993. The van der Waals surface area contributed by atoms with E-state index in [4.69, 9.17) is 0 Å². The Bertz CT molecular complexity index is 405. The second kappa shape index (κ2) is 5.91. The molecule has 0 amide bonds. The van der Waals surface area contributed by atoms with Gasteiger partial charge in [0.05, 0.1) is 5.70 Å². The van der Waals surface area contributed by atoms with Crippen LogP contribution in [0.5, 0.6) is 0 Å². The molecule has 1 rings (SSSR count). The number of Topliss-reactive ketones (excluding diaryl/α,β-unsaturated/α-hetero) is 1. The normalized spacial score (nSPS) is 11.4. The Morgan fingerprint density at radius 3 is 2.62 bits per heavy atom. The van der Waals surface area contributed by atoms with Crippen molar-refractivity contribution in [3.63, 3.8) is 0 Å². The first-order chi connectivity index (χ1) is 7.65. The Hall–Kier alpha value is -1.83. The molecule has 0 saturated carbocycles. The summed E-state index contributed by atoms with van der Waals surface area (Å²) in [5, 5.41) is 12.3. The summed E-state index contributed by atoms with van der Waals surface area (Å²) in [5.74, 6) is -0.260. The lowest BCUT2D eigenvalue weighted by Crippen LogP contribution is -2.30. The monoisotopic (exact) mass is 217 g/mol. The second-order valence-corrected chi connectivity index (χ2v) is 3.43. The standard InChI is InChI=1S/C13H15NO2/c1-3-12(11-7-5-4-6-8-11)14-9-13(16)10(2)15/h4-8,13-14,16H,1,9H2,2H3. The van der Waals surface area contributed by atoms with E-state index in [0.29, 0.717) is 5.70 Å². The van der Waals surface area contributed by atoms with Crippen molar-refractivity contribution in [2.24, 2.45) is 0 Å². The van der Waals surface area contributed by atoms with Crippen LogP contribution in [0.2, 0.25) is 0 Å². The molecular formula is C13H15NO2. The van der Waals surface area contributed by atoms with E-state index >= 15 is 0 Å². The molecule has 0 fully saturated rings. The SMILES string of the molecule is C=C=C(NCC(O)C(C)=O)c1ccccc1. The van der Waals surface area contributed by atoms with Crippen molar-refractivity contribution in [2.75, 3.05) is 6.54 Å². The number of ketones is 1. The molecule has 0 aliphatic carbocycles. The molecular weight excluding hydrogens is 202 g/mol. The van der Waals surface area contributed by atoms with Gasteiger partial charge in [0.15, 0.2) is 5.78 Å². The van der Waals surface area contributed by atoms with Crippen LogP contribution in [0.15, 0.2) is 42.6 Å². The number of nitrogens with one attached hydrogen (secondary N) is 1. The number of carbonyl (C=O) groups is 1. The zero-order valence-corrected chi connectivity index (χ0v) is 9.23. The summed E-state index contributed by atoms with van der Waals surface area (Å²) in [6.45, 7) is 5.09. The van der Waals surface area contributed by atoms with Crippen LogP contribution >= 0.6 is 0 Å². The Labute approximate surface area is 95.1 Å². The van der Waals surface area contributed by atoms with Gasteiger partial charge in [0, 0.05) is 12.1 Å². The van der Waals surface area contributed by atoms with Gasteiger partial charge in [-0.05, 0) is 6.92 Å². The summed E-state index contributed by atoms with van der Waals surface area (Å²) in [4.78, 5) is 10.8. The van der Waals surface area contributed by atoms with Gasteiger partial charge in [0.1, 0.15) is 6.10 Å². The quantitative estimate of drug-likeness (QED) is 0.732. The Morgan fingerprint density at radius 1 is 1.50 bits per heavy atom. The van der Waals surface area contributed by atoms with E-state index in [9.17, 15) is 9.90 Å². The molecule has 0 bridgehead atoms. The average Bonchev–Trinajstić information content (AvgIpc) is 2.30. The predicted octanol–water partition coefficient (Wildman–Crippen LogP) is 1.35. The van der Waals surface area contributed by atoms with E-state index in [0.717, 1.165) is 5.56 Å². The number of benzene rings is 1. The van der Waals surface area contributed by atoms with E-state index in [1.165, 1.54) is 6.92 Å². The number of hydrogen-bond donors (Lipinski definition) is 2. The molecule has 0 aliphatic heterocycles. The molecule has 0 radical (unpaired) electrons. The van der Waals surface area contributed by atoms with Crippen molar-refractivity contribution in [3.05, 3.63) is 48.2 Å². The van der Waals surface area contributed by atoms with Gasteiger partial charge in [0.25, 0.3) is 0 Å². The minimum atomic E-state index is -0.993. The van der Waals surface area contributed by atoms with Gasteiger partial charge < -0.3 is 10.4 Å². The highest BCUT2D eigenvalue weighted by Crippen LogP contribution is 2.08. The average molecular weight is 217 g/mol. The van der Waals surface area contributed by atoms with Crippen LogP contribution in [0.25, 0.3) is 5.70 Å². The Kier molecular flexibility index (Phi) is 4.52. The van der Waals surface area contributed by atoms with E-state index in [1.54, 1.807) is 0 Å². The maximum atomic E-state index is 10.8. The zero-order valence-electron chi connectivity index (χ0n) is 9.23. The molecule has 0 aliphatic rings. The predicted molar refractivity (Wildman–Crippen MR) is 63.7 cm³/mol. The zero-order chi connectivity index (χ0) is 12.0. The maximum Gasteiger partial charge on any atom is 0.160 e. The van der Waals surface area contributed by atoms with Gasteiger partial charge in [-0.2, -0.15) is 0 Å². The first-order valence-electron chi connectivity index (χ1n) is 5.03. The van der Waals surface area contributed by atoms with Gasteiger partial charge in [-0.1, -0.05) is 36.9 Å². The first-order valence-corrected chi connectivity index (χ1v) is 5.03. The molecule has 0 aromatic heterocycles. The van der Waals surface area contributed by atoms with Crippen LogP contribution < -0.4 is 5.32 Å². The van der Waals surface area contributed by atoms with Crippen molar-refractivity contribution in [1.82, 2.24) is 5.32 Å². The fraction of sp³-hybridized carbons (Fsp3) is 0.231. The summed E-state index contributed by atoms with van der Waals surface area (Å²) < 4.78 is 0. The van der Waals surface area contributed by atoms with Crippen molar-refractivity contribution in [1.29, 1.82) is 0 Å². The van der Waals surface area contributed by atoms with Gasteiger partial charge in [-0.25, -0.2) is 0 Å². The highest BCUT2D eigenvalue weighted by atomic mass is 16.3. The lowest BCUT2D eigenvalue weighted by molar-refractivity contribution is -0.124. The van der Waals surface area contributed by atoms with Gasteiger partial charge in [-0.15, -0.1) is 5.73 Å². The molecule has 3 heteroatoms. The summed E-state index contributed by atoms with van der Waals surface area (Å²) in [5.41, 5.74) is 4.35. The number of aliphatic hydroxyl groups is 1. The molecule has 0 saturated heterocycles. The van der Waals surface area contributed by atoms with E-state index in [1.807, 2.05) is 30.3 Å². The second-order valence-electron chi connectivity index (χ2n) is 3.43. The van der Waals surface area contributed by atoms with Crippen LogP contribution in [0.4, 0.5) is 0 Å². The number of aliphatic hydroxyl groups excluding tert-OH is 1. The highest BCUT2D eigenvalue weighted by molar-refractivity contribution is 5.80.